The molecule has 148 valence electrons. The number of nitrogens with zero attached hydrogens (tertiary/aromatic N) is 4. The highest BCUT2D eigenvalue weighted by Gasteiger charge is 2.48. The largest absolute Gasteiger partial charge is 0.361 e. The lowest BCUT2D eigenvalue weighted by Crippen LogP contribution is -2.44. The zero-order chi connectivity index (χ0) is 19.2. The molecule has 0 aromatic carbocycles. The number of carbonyl (C=O) groups is 2. The molecule has 1 spiro atoms. The van der Waals surface area contributed by atoms with Crippen LogP contribution in [-0.4, -0.2) is 77.5 Å². The molecule has 0 saturated carbocycles. The Bertz CT molecular complexity index is 710. The third kappa shape index (κ3) is 3.26. The van der Waals surface area contributed by atoms with E-state index in [0.29, 0.717) is 22.9 Å². The minimum atomic E-state index is 0.00733. The van der Waals surface area contributed by atoms with Crippen molar-refractivity contribution in [1.82, 2.24) is 19.9 Å². The molecule has 0 radical (unpaired) electrons. The van der Waals surface area contributed by atoms with Crippen LogP contribution in [-0.2, 0) is 4.79 Å². The molecule has 7 heteroatoms. The Morgan fingerprint density at radius 3 is 2.33 bits per heavy atom. The zero-order valence-electron chi connectivity index (χ0n) is 16.7. The second-order valence-electron chi connectivity index (χ2n) is 8.66. The SMILES string of the molecule is Cc1noc(C)c1C(=O)N1CCC2(CC1)CC(C(=O)N1CCCC1)N(C)C2. The monoisotopic (exact) mass is 374 g/mol. The third-order valence-corrected chi connectivity index (χ3v) is 6.80. The molecule has 1 atom stereocenters. The molecule has 0 bridgehead atoms. The number of piperidine rings is 1. The van der Waals surface area contributed by atoms with E-state index in [1.807, 2.05) is 16.7 Å². The van der Waals surface area contributed by atoms with Crippen molar-refractivity contribution in [3.05, 3.63) is 17.0 Å². The van der Waals surface area contributed by atoms with Crippen LogP contribution >= 0.6 is 0 Å². The summed E-state index contributed by atoms with van der Waals surface area (Å²) in [4.78, 5) is 32.0. The molecule has 3 fully saturated rings. The summed E-state index contributed by atoms with van der Waals surface area (Å²) in [6.07, 6.45) is 5.09. The third-order valence-electron chi connectivity index (χ3n) is 6.80. The van der Waals surface area contributed by atoms with Gasteiger partial charge in [-0.3, -0.25) is 14.5 Å². The second kappa shape index (κ2) is 6.93. The van der Waals surface area contributed by atoms with Gasteiger partial charge in [0, 0.05) is 32.7 Å². The van der Waals surface area contributed by atoms with Gasteiger partial charge in [-0.25, -0.2) is 0 Å². The van der Waals surface area contributed by atoms with Gasteiger partial charge in [0.1, 0.15) is 11.3 Å². The van der Waals surface area contributed by atoms with Crippen molar-refractivity contribution in [3.63, 3.8) is 0 Å². The molecule has 1 aromatic heterocycles. The van der Waals surface area contributed by atoms with Crippen molar-refractivity contribution >= 4 is 11.8 Å². The molecule has 3 aliphatic rings. The molecule has 3 aliphatic heterocycles. The van der Waals surface area contributed by atoms with Crippen molar-refractivity contribution in [3.8, 4) is 0 Å². The van der Waals surface area contributed by atoms with E-state index in [2.05, 4.69) is 17.1 Å². The van der Waals surface area contributed by atoms with E-state index < -0.39 is 0 Å². The van der Waals surface area contributed by atoms with Crippen LogP contribution in [0.25, 0.3) is 0 Å². The van der Waals surface area contributed by atoms with Crippen molar-refractivity contribution in [1.29, 1.82) is 0 Å². The van der Waals surface area contributed by atoms with Crippen LogP contribution in [0.4, 0.5) is 0 Å². The average molecular weight is 374 g/mol. The van der Waals surface area contributed by atoms with Crippen molar-refractivity contribution in [2.75, 3.05) is 39.8 Å². The average Bonchev–Trinajstić information content (AvgIpc) is 3.36. The smallest absolute Gasteiger partial charge is 0.259 e. The highest BCUT2D eigenvalue weighted by Crippen LogP contribution is 2.43. The van der Waals surface area contributed by atoms with Gasteiger partial charge in [-0.1, -0.05) is 5.16 Å². The Morgan fingerprint density at radius 2 is 1.74 bits per heavy atom. The van der Waals surface area contributed by atoms with Gasteiger partial charge in [-0.05, 0) is 58.4 Å². The van der Waals surface area contributed by atoms with Gasteiger partial charge in [0.05, 0.1) is 11.7 Å². The molecule has 3 saturated heterocycles. The van der Waals surface area contributed by atoms with Crippen LogP contribution in [0, 0.1) is 19.3 Å². The van der Waals surface area contributed by atoms with E-state index in [1.165, 1.54) is 0 Å². The van der Waals surface area contributed by atoms with Gasteiger partial charge in [0.25, 0.3) is 5.91 Å². The number of aromatic nitrogens is 1. The Morgan fingerprint density at radius 1 is 1.07 bits per heavy atom. The predicted octanol–water partition coefficient (Wildman–Crippen LogP) is 1.84. The molecule has 2 amide bonds. The molecule has 27 heavy (non-hydrogen) atoms. The predicted molar refractivity (Wildman–Crippen MR) is 100 cm³/mol. The van der Waals surface area contributed by atoms with E-state index in [9.17, 15) is 9.59 Å². The fraction of sp³-hybridized carbons (Fsp3) is 0.750. The number of rotatable bonds is 2. The maximum Gasteiger partial charge on any atom is 0.259 e. The van der Waals surface area contributed by atoms with Crippen LogP contribution in [0.15, 0.2) is 4.52 Å². The number of carbonyl (C=O) groups excluding carboxylic acids is 2. The summed E-state index contributed by atoms with van der Waals surface area (Å²) in [5, 5.41) is 3.91. The Kier molecular flexibility index (Phi) is 4.74. The minimum absolute atomic E-state index is 0.00733. The van der Waals surface area contributed by atoms with E-state index in [-0.39, 0.29) is 17.4 Å². The second-order valence-corrected chi connectivity index (χ2v) is 8.66. The van der Waals surface area contributed by atoms with Crippen LogP contribution < -0.4 is 0 Å². The summed E-state index contributed by atoms with van der Waals surface area (Å²) >= 11 is 0. The Hall–Kier alpha value is -1.89. The Labute approximate surface area is 160 Å². The van der Waals surface area contributed by atoms with Crippen LogP contribution in [0.3, 0.4) is 0 Å². The maximum absolute atomic E-state index is 12.9. The lowest BCUT2D eigenvalue weighted by molar-refractivity contribution is -0.134. The molecule has 7 nitrogen and oxygen atoms in total. The zero-order valence-corrected chi connectivity index (χ0v) is 16.7. The Balaban J connectivity index is 1.40. The summed E-state index contributed by atoms with van der Waals surface area (Å²) in [5.74, 6) is 0.924. The van der Waals surface area contributed by atoms with Gasteiger partial charge in [0.2, 0.25) is 5.91 Å². The lowest BCUT2D eigenvalue weighted by Gasteiger charge is -2.39. The molecule has 4 rings (SSSR count). The van der Waals surface area contributed by atoms with Crippen LogP contribution in [0.5, 0.6) is 0 Å². The highest BCUT2D eigenvalue weighted by molar-refractivity contribution is 5.96. The first kappa shape index (κ1) is 18.5. The van der Waals surface area contributed by atoms with Gasteiger partial charge in [-0.2, -0.15) is 0 Å². The minimum Gasteiger partial charge on any atom is -0.361 e. The molecule has 0 N–H and O–H groups in total. The quantitative estimate of drug-likeness (QED) is 0.790. The fourth-order valence-corrected chi connectivity index (χ4v) is 5.19. The van der Waals surface area contributed by atoms with E-state index in [4.69, 9.17) is 4.52 Å². The molecule has 1 aromatic rings. The number of aryl methyl sites for hydroxylation is 2. The van der Waals surface area contributed by atoms with Crippen molar-refractivity contribution in [2.24, 2.45) is 5.41 Å². The highest BCUT2D eigenvalue weighted by atomic mass is 16.5. The topological polar surface area (TPSA) is 69.9 Å². The van der Waals surface area contributed by atoms with Gasteiger partial charge in [-0.15, -0.1) is 0 Å². The molecule has 0 aliphatic carbocycles. The normalized spacial score (nSPS) is 25.5. The van der Waals surface area contributed by atoms with Crippen LogP contribution in [0.2, 0.25) is 0 Å². The number of hydrogen-bond acceptors (Lipinski definition) is 5. The van der Waals surface area contributed by atoms with Gasteiger partial charge < -0.3 is 14.3 Å². The molecule has 1 unspecified atom stereocenters. The molecular weight excluding hydrogens is 344 g/mol. The van der Waals surface area contributed by atoms with Crippen molar-refractivity contribution in [2.45, 2.75) is 52.0 Å². The fourth-order valence-electron chi connectivity index (χ4n) is 5.19. The van der Waals surface area contributed by atoms with E-state index in [0.717, 1.165) is 64.8 Å². The van der Waals surface area contributed by atoms with Gasteiger partial charge in [0.15, 0.2) is 0 Å². The summed E-state index contributed by atoms with van der Waals surface area (Å²) in [6, 6.07) is 0.00733. The summed E-state index contributed by atoms with van der Waals surface area (Å²) in [5.41, 5.74) is 1.43. The standard InChI is InChI=1S/C20H30N4O3/c1-14-17(15(2)27-21-14)19(26)24-10-6-20(7-11-24)12-16(22(3)13-20)18(25)23-8-4-5-9-23/h16H,4-13H2,1-3H3. The lowest BCUT2D eigenvalue weighted by atomic mass is 9.76. The van der Waals surface area contributed by atoms with Crippen LogP contribution in [0.1, 0.15) is 53.9 Å². The summed E-state index contributed by atoms with van der Waals surface area (Å²) in [6.45, 7) is 7.86. The van der Waals surface area contributed by atoms with E-state index in [1.54, 1.807) is 6.92 Å². The number of hydrogen-bond donors (Lipinski definition) is 0. The maximum atomic E-state index is 12.9. The number of likely N-dealkylation sites (N-methyl/N-ethyl adjacent to an activating group) is 1. The van der Waals surface area contributed by atoms with Crippen molar-refractivity contribution < 1.29 is 14.1 Å². The first-order valence-corrected chi connectivity index (χ1v) is 10.1. The first-order valence-electron chi connectivity index (χ1n) is 10.1. The van der Waals surface area contributed by atoms with E-state index >= 15 is 0 Å². The summed E-state index contributed by atoms with van der Waals surface area (Å²) < 4.78 is 5.16. The number of likely N-dealkylation sites (tertiary alicyclic amines) is 3. The molecule has 4 heterocycles. The first-order chi connectivity index (χ1) is 12.9. The number of amides is 2. The summed E-state index contributed by atoms with van der Waals surface area (Å²) in [7, 11) is 2.08. The van der Waals surface area contributed by atoms with Gasteiger partial charge >= 0.3 is 0 Å². The molecular formula is C20H30N4O3.